The van der Waals surface area contributed by atoms with Crippen LogP contribution in [-0.2, 0) is 14.8 Å². The minimum absolute atomic E-state index is 0.166. The third-order valence-electron chi connectivity index (χ3n) is 5.07. The van der Waals surface area contributed by atoms with Gasteiger partial charge in [-0.3, -0.25) is 4.79 Å². The highest BCUT2D eigenvalue weighted by atomic mass is 32.2. The first-order valence-electron chi connectivity index (χ1n) is 9.83. The Hall–Kier alpha value is -2.61. The molecule has 1 unspecified atom stereocenters. The number of sulfonamides is 1. The summed E-state index contributed by atoms with van der Waals surface area (Å²) >= 11 is 1.54. The number of carbonyl (C=O) groups is 1. The Balaban J connectivity index is 1.79. The number of nitrogens with zero attached hydrogens (tertiary/aromatic N) is 1. The summed E-state index contributed by atoms with van der Waals surface area (Å²) in [4.78, 5) is 14.0. The number of likely N-dealkylation sites (N-methyl/N-ethyl adjacent to an activating group) is 1. The summed E-state index contributed by atoms with van der Waals surface area (Å²) in [5, 5.41) is 3.01. The fraction of sp³-hybridized carbons (Fsp3) is 0.208. The predicted molar refractivity (Wildman–Crippen MR) is 126 cm³/mol. The van der Waals surface area contributed by atoms with Gasteiger partial charge in [-0.25, -0.2) is 8.42 Å². The number of hydrogen-bond acceptors (Lipinski definition) is 4. The quantitative estimate of drug-likeness (QED) is 0.517. The van der Waals surface area contributed by atoms with Crippen LogP contribution in [0.1, 0.15) is 22.7 Å². The number of thioether (sulfide) groups is 1. The largest absolute Gasteiger partial charge is 0.344 e. The van der Waals surface area contributed by atoms with Crippen molar-refractivity contribution in [3.8, 4) is 0 Å². The van der Waals surface area contributed by atoms with Crippen LogP contribution in [0.4, 0.5) is 0 Å². The van der Waals surface area contributed by atoms with E-state index in [-0.39, 0.29) is 23.4 Å². The molecule has 3 aromatic rings. The van der Waals surface area contributed by atoms with Crippen molar-refractivity contribution >= 4 is 27.7 Å². The Kier molecular flexibility index (Phi) is 7.54. The summed E-state index contributed by atoms with van der Waals surface area (Å²) in [6, 6.07) is 23.8. The summed E-state index contributed by atoms with van der Waals surface area (Å²) in [5.41, 5.74) is 2.95. The molecule has 0 spiro atoms. The van der Waals surface area contributed by atoms with E-state index in [1.54, 1.807) is 24.3 Å². The molecule has 162 valence electrons. The van der Waals surface area contributed by atoms with E-state index in [0.29, 0.717) is 0 Å². The molecule has 3 aromatic carbocycles. The van der Waals surface area contributed by atoms with Gasteiger partial charge in [0.2, 0.25) is 15.9 Å². The van der Waals surface area contributed by atoms with Gasteiger partial charge in [-0.2, -0.15) is 4.31 Å². The zero-order valence-corrected chi connectivity index (χ0v) is 19.4. The molecule has 3 rings (SSSR count). The third kappa shape index (κ3) is 5.55. The monoisotopic (exact) mass is 454 g/mol. The maximum atomic E-state index is 12.9. The first-order chi connectivity index (χ1) is 14.8. The fourth-order valence-corrected chi connectivity index (χ4v) is 4.85. The number of nitrogens with one attached hydrogen (secondary N) is 1. The van der Waals surface area contributed by atoms with Crippen LogP contribution in [-0.4, -0.2) is 38.5 Å². The molecule has 7 heteroatoms. The lowest BCUT2D eigenvalue weighted by atomic mass is 9.95. The molecule has 0 radical (unpaired) electrons. The second-order valence-corrected chi connectivity index (χ2v) is 10.1. The molecule has 1 atom stereocenters. The van der Waals surface area contributed by atoms with Crippen molar-refractivity contribution in [2.45, 2.75) is 22.8 Å². The highest BCUT2D eigenvalue weighted by Gasteiger charge is 2.25. The molecule has 0 bridgehead atoms. The number of benzene rings is 3. The van der Waals surface area contributed by atoms with Crippen molar-refractivity contribution in [3.05, 3.63) is 95.6 Å². The van der Waals surface area contributed by atoms with E-state index in [4.69, 9.17) is 0 Å². The van der Waals surface area contributed by atoms with Gasteiger partial charge in [0.1, 0.15) is 0 Å². The molecular weight excluding hydrogens is 428 g/mol. The van der Waals surface area contributed by atoms with E-state index in [2.05, 4.69) is 5.32 Å². The predicted octanol–water partition coefficient (Wildman–Crippen LogP) is 4.24. The van der Waals surface area contributed by atoms with E-state index in [9.17, 15) is 13.2 Å². The van der Waals surface area contributed by atoms with Gasteiger partial charge in [0.25, 0.3) is 0 Å². The number of rotatable bonds is 8. The van der Waals surface area contributed by atoms with Crippen molar-refractivity contribution in [1.29, 1.82) is 0 Å². The summed E-state index contributed by atoms with van der Waals surface area (Å²) in [5.74, 6) is -0.371. The Bertz CT molecular complexity index is 1130. The van der Waals surface area contributed by atoms with Crippen molar-refractivity contribution in [2.75, 3.05) is 19.8 Å². The van der Waals surface area contributed by atoms with Gasteiger partial charge >= 0.3 is 0 Å². The molecule has 1 amide bonds. The summed E-state index contributed by atoms with van der Waals surface area (Å²) < 4.78 is 26.9. The molecule has 0 aliphatic heterocycles. The molecule has 31 heavy (non-hydrogen) atoms. The minimum atomic E-state index is -3.77. The fourth-order valence-electron chi connectivity index (χ4n) is 3.32. The lowest BCUT2D eigenvalue weighted by Gasteiger charge is -2.23. The molecule has 0 aromatic heterocycles. The molecule has 0 saturated heterocycles. The maximum Gasteiger partial charge on any atom is 0.243 e. The minimum Gasteiger partial charge on any atom is -0.344 e. The standard InChI is InChI=1S/C24H26N2O3S2/c1-18-9-7-8-12-22(18)24(19-10-5-4-6-11-19)25-23(27)17-26(2)31(28,29)21-15-13-20(30-3)14-16-21/h4-16,24H,17H2,1-3H3,(H,25,27). The molecule has 0 aliphatic carbocycles. The van der Waals surface area contributed by atoms with E-state index < -0.39 is 10.0 Å². The Morgan fingerprint density at radius 1 is 0.968 bits per heavy atom. The lowest BCUT2D eigenvalue weighted by molar-refractivity contribution is -0.121. The van der Waals surface area contributed by atoms with Crippen LogP contribution in [0.5, 0.6) is 0 Å². The molecule has 0 saturated carbocycles. The molecule has 1 N–H and O–H groups in total. The van der Waals surface area contributed by atoms with Crippen LogP contribution < -0.4 is 5.32 Å². The molecular formula is C24H26N2O3S2. The van der Waals surface area contributed by atoms with Crippen molar-refractivity contribution in [1.82, 2.24) is 9.62 Å². The van der Waals surface area contributed by atoms with E-state index in [1.807, 2.05) is 67.8 Å². The smallest absolute Gasteiger partial charge is 0.243 e. The Morgan fingerprint density at radius 2 is 1.58 bits per heavy atom. The Labute approximate surface area is 188 Å². The first kappa shape index (κ1) is 23.1. The Morgan fingerprint density at radius 3 is 2.19 bits per heavy atom. The third-order valence-corrected chi connectivity index (χ3v) is 7.63. The number of hydrogen-bond donors (Lipinski definition) is 1. The van der Waals surface area contributed by atoms with Crippen LogP contribution in [0.3, 0.4) is 0 Å². The van der Waals surface area contributed by atoms with Crippen LogP contribution >= 0.6 is 11.8 Å². The highest BCUT2D eigenvalue weighted by molar-refractivity contribution is 7.98. The zero-order chi connectivity index (χ0) is 22.4. The molecule has 0 heterocycles. The average Bonchev–Trinajstić information content (AvgIpc) is 2.78. The normalized spacial score (nSPS) is 12.5. The van der Waals surface area contributed by atoms with Gasteiger partial charge in [-0.15, -0.1) is 11.8 Å². The van der Waals surface area contributed by atoms with E-state index in [0.717, 1.165) is 25.9 Å². The van der Waals surface area contributed by atoms with Crippen molar-refractivity contribution in [3.63, 3.8) is 0 Å². The molecule has 0 aliphatic rings. The first-order valence-corrected chi connectivity index (χ1v) is 12.5. The van der Waals surface area contributed by atoms with Crippen LogP contribution in [0.25, 0.3) is 0 Å². The van der Waals surface area contributed by atoms with Gasteiger partial charge in [-0.05, 0) is 54.1 Å². The second-order valence-electron chi connectivity index (χ2n) is 7.20. The number of aryl methyl sites for hydroxylation is 1. The van der Waals surface area contributed by atoms with E-state index in [1.165, 1.54) is 18.8 Å². The van der Waals surface area contributed by atoms with Gasteiger partial charge in [-0.1, -0.05) is 54.6 Å². The van der Waals surface area contributed by atoms with Crippen molar-refractivity contribution in [2.24, 2.45) is 0 Å². The summed E-state index contributed by atoms with van der Waals surface area (Å²) in [6.07, 6.45) is 1.93. The molecule has 0 fully saturated rings. The maximum absolute atomic E-state index is 12.9. The SMILES string of the molecule is CSc1ccc(S(=O)(=O)N(C)CC(=O)NC(c2ccccc2)c2ccccc2C)cc1. The van der Waals surface area contributed by atoms with Gasteiger partial charge < -0.3 is 5.32 Å². The van der Waals surface area contributed by atoms with Crippen LogP contribution in [0, 0.1) is 6.92 Å². The van der Waals surface area contributed by atoms with E-state index >= 15 is 0 Å². The summed E-state index contributed by atoms with van der Waals surface area (Å²) in [7, 11) is -2.35. The highest BCUT2D eigenvalue weighted by Crippen LogP contribution is 2.25. The van der Waals surface area contributed by atoms with Crippen LogP contribution in [0.15, 0.2) is 88.7 Å². The molecule has 5 nitrogen and oxygen atoms in total. The second kappa shape index (κ2) is 10.1. The topological polar surface area (TPSA) is 66.5 Å². The van der Waals surface area contributed by atoms with Crippen molar-refractivity contribution < 1.29 is 13.2 Å². The number of carbonyl (C=O) groups excluding carboxylic acids is 1. The zero-order valence-electron chi connectivity index (χ0n) is 17.8. The average molecular weight is 455 g/mol. The van der Waals surface area contributed by atoms with Gasteiger partial charge in [0.15, 0.2) is 0 Å². The van der Waals surface area contributed by atoms with Gasteiger partial charge in [0.05, 0.1) is 17.5 Å². The van der Waals surface area contributed by atoms with Gasteiger partial charge in [0, 0.05) is 11.9 Å². The summed E-state index contributed by atoms with van der Waals surface area (Å²) in [6.45, 7) is 1.72. The van der Waals surface area contributed by atoms with Crippen LogP contribution in [0.2, 0.25) is 0 Å². The number of amides is 1. The lowest BCUT2D eigenvalue weighted by Crippen LogP contribution is -2.40.